The number of aromatic nitrogens is 4. The summed E-state index contributed by atoms with van der Waals surface area (Å²) in [7, 11) is 1.62. The smallest absolute Gasteiger partial charge is 0.257 e. The van der Waals surface area contributed by atoms with Crippen LogP contribution in [0.2, 0.25) is 0 Å². The summed E-state index contributed by atoms with van der Waals surface area (Å²) in [5.74, 6) is 2.44. The Labute approximate surface area is 143 Å². The summed E-state index contributed by atoms with van der Waals surface area (Å²) in [6.45, 7) is 3.41. The number of H-pyrrole nitrogens is 1. The number of benzene rings is 1. The topological polar surface area (TPSA) is 97.1 Å². The summed E-state index contributed by atoms with van der Waals surface area (Å²) in [5, 5.41) is 4.04. The zero-order valence-electron chi connectivity index (χ0n) is 13.9. The lowest BCUT2D eigenvalue weighted by atomic mass is 10.2. The first kappa shape index (κ1) is 15.5. The van der Waals surface area contributed by atoms with Gasteiger partial charge in [-0.3, -0.25) is 9.69 Å². The van der Waals surface area contributed by atoms with Crippen LogP contribution in [-0.2, 0) is 19.6 Å². The van der Waals surface area contributed by atoms with Crippen LogP contribution >= 0.6 is 0 Å². The first-order valence-corrected chi connectivity index (χ1v) is 7.90. The summed E-state index contributed by atoms with van der Waals surface area (Å²) < 4.78 is 10.5. The molecule has 0 amide bonds. The van der Waals surface area contributed by atoms with Gasteiger partial charge in [0, 0.05) is 18.7 Å². The van der Waals surface area contributed by atoms with Crippen LogP contribution in [0.4, 0.5) is 0 Å². The molecule has 1 N–H and O–H groups in total. The second-order valence-electron chi connectivity index (χ2n) is 5.97. The van der Waals surface area contributed by atoms with Crippen molar-refractivity contribution in [2.75, 3.05) is 7.11 Å². The minimum Gasteiger partial charge on any atom is -0.497 e. The first-order chi connectivity index (χ1) is 12.1. The van der Waals surface area contributed by atoms with Gasteiger partial charge in [0.05, 0.1) is 24.9 Å². The van der Waals surface area contributed by atoms with E-state index in [9.17, 15) is 4.79 Å². The van der Waals surface area contributed by atoms with Gasteiger partial charge in [-0.05, 0) is 31.2 Å². The van der Waals surface area contributed by atoms with E-state index in [1.54, 1.807) is 14.0 Å². The molecule has 1 aliphatic rings. The average molecular weight is 339 g/mol. The molecule has 8 nitrogen and oxygen atoms in total. The van der Waals surface area contributed by atoms with E-state index in [0.717, 1.165) is 17.0 Å². The van der Waals surface area contributed by atoms with Crippen LogP contribution < -0.4 is 10.3 Å². The molecule has 2 aromatic heterocycles. The molecule has 25 heavy (non-hydrogen) atoms. The molecule has 1 aliphatic heterocycles. The number of nitrogens with zero attached hydrogens (tertiary/aromatic N) is 4. The molecule has 3 heterocycles. The van der Waals surface area contributed by atoms with Crippen molar-refractivity contribution in [1.29, 1.82) is 0 Å². The zero-order valence-corrected chi connectivity index (χ0v) is 13.9. The van der Waals surface area contributed by atoms with E-state index in [4.69, 9.17) is 9.26 Å². The molecule has 4 rings (SSSR count). The van der Waals surface area contributed by atoms with Crippen LogP contribution in [0.3, 0.4) is 0 Å². The maximum Gasteiger partial charge on any atom is 0.257 e. The Morgan fingerprint density at radius 2 is 2.04 bits per heavy atom. The Balaban J connectivity index is 1.49. The Bertz CT molecular complexity index is 961. The van der Waals surface area contributed by atoms with Crippen LogP contribution in [0.5, 0.6) is 5.75 Å². The van der Waals surface area contributed by atoms with E-state index < -0.39 is 0 Å². The molecule has 128 valence electrons. The lowest BCUT2D eigenvalue weighted by molar-refractivity contribution is 0.261. The molecule has 8 heteroatoms. The predicted octanol–water partition coefficient (Wildman–Crippen LogP) is 1.65. The molecular weight excluding hydrogens is 322 g/mol. The third-order valence-corrected chi connectivity index (χ3v) is 4.14. The van der Waals surface area contributed by atoms with Gasteiger partial charge < -0.3 is 14.2 Å². The largest absolute Gasteiger partial charge is 0.497 e. The molecule has 0 aliphatic carbocycles. The fraction of sp³-hybridized carbons (Fsp3) is 0.294. The van der Waals surface area contributed by atoms with Crippen LogP contribution in [0.1, 0.15) is 22.9 Å². The molecule has 0 bridgehead atoms. The molecule has 3 aromatic rings. The quantitative estimate of drug-likeness (QED) is 0.772. The van der Waals surface area contributed by atoms with Crippen molar-refractivity contribution in [3.8, 4) is 17.2 Å². The molecule has 0 radical (unpaired) electrons. The number of aromatic amines is 1. The van der Waals surface area contributed by atoms with E-state index in [1.165, 1.54) is 0 Å². The molecule has 0 fully saturated rings. The first-order valence-electron chi connectivity index (χ1n) is 7.90. The number of methoxy groups -OCH3 is 1. The molecular formula is C17H17N5O3. The minimum atomic E-state index is -0.0722. The van der Waals surface area contributed by atoms with Crippen LogP contribution in [0.25, 0.3) is 11.5 Å². The van der Waals surface area contributed by atoms with Crippen molar-refractivity contribution in [1.82, 2.24) is 25.0 Å². The molecule has 0 unspecified atom stereocenters. The van der Waals surface area contributed by atoms with Gasteiger partial charge in [0.1, 0.15) is 11.6 Å². The van der Waals surface area contributed by atoms with Crippen molar-refractivity contribution in [3.05, 3.63) is 57.5 Å². The van der Waals surface area contributed by atoms with Crippen molar-refractivity contribution in [2.24, 2.45) is 0 Å². The highest BCUT2D eigenvalue weighted by Crippen LogP contribution is 2.23. The monoisotopic (exact) mass is 339 g/mol. The summed E-state index contributed by atoms with van der Waals surface area (Å²) in [6, 6.07) is 7.43. The van der Waals surface area contributed by atoms with E-state index >= 15 is 0 Å². The summed E-state index contributed by atoms with van der Waals surface area (Å²) >= 11 is 0. The lowest BCUT2D eigenvalue weighted by Gasteiger charge is -2.10. The molecule has 1 aromatic carbocycles. The number of hydrogen-bond donors (Lipinski definition) is 1. The van der Waals surface area contributed by atoms with Gasteiger partial charge in [-0.1, -0.05) is 5.16 Å². The lowest BCUT2D eigenvalue weighted by Crippen LogP contribution is -2.19. The fourth-order valence-corrected chi connectivity index (χ4v) is 2.93. The Kier molecular flexibility index (Phi) is 3.81. The van der Waals surface area contributed by atoms with Crippen molar-refractivity contribution in [2.45, 2.75) is 26.6 Å². The SMILES string of the molecule is COc1ccc(-c2nc(CN3Cc4nc(C)[nH]c(=O)c4C3)no2)cc1. The van der Waals surface area contributed by atoms with Crippen molar-refractivity contribution in [3.63, 3.8) is 0 Å². The van der Waals surface area contributed by atoms with Gasteiger partial charge in [-0.15, -0.1) is 0 Å². The molecule has 0 saturated heterocycles. The maximum atomic E-state index is 12.0. The van der Waals surface area contributed by atoms with E-state index in [2.05, 4.69) is 25.0 Å². The van der Waals surface area contributed by atoms with Gasteiger partial charge in [0.2, 0.25) is 0 Å². The molecule has 0 saturated carbocycles. The van der Waals surface area contributed by atoms with Gasteiger partial charge in [-0.2, -0.15) is 4.98 Å². The van der Waals surface area contributed by atoms with Crippen LogP contribution in [-0.4, -0.2) is 32.1 Å². The van der Waals surface area contributed by atoms with E-state index in [0.29, 0.717) is 42.7 Å². The highest BCUT2D eigenvalue weighted by atomic mass is 16.5. The summed E-state index contributed by atoms with van der Waals surface area (Å²) in [5.41, 5.74) is 2.29. The third-order valence-electron chi connectivity index (χ3n) is 4.14. The number of aryl methyl sites for hydroxylation is 1. The second kappa shape index (κ2) is 6.14. The summed E-state index contributed by atoms with van der Waals surface area (Å²) in [6.07, 6.45) is 0. The maximum absolute atomic E-state index is 12.0. The van der Waals surface area contributed by atoms with Crippen molar-refractivity contribution >= 4 is 0 Å². The highest BCUT2D eigenvalue weighted by molar-refractivity contribution is 5.54. The fourth-order valence-electron chi connectivity index (χ4n) is 2.93. The zero-order chi connectivity index (χ0) is 17.4. The Hall–Kier alpha value is -3.00. The Morgan fingerprint density at radius 1 is 1.24 bits per heavy atom. The number of ether oxygens (including phenoxy) is 1. The number of hydrogen-bond acceptors (Lipinski definition) is 7. The summed E-state index contributed by atoms with van der Waals surface area (Å²) in [4.78, 5) is 25.6. The Morgan fingerprint density at radius 3 is 2.80 bits per heavy atom. The van der Waals surface area contributed by atoms with Crippen LogP contribution in [0.15, 0.2) is 33.6 Å². The van der Waals surface area contributed by atoms with E-state index in [-0.39, 0.29) is 5.56 Å². The molecule has 0 atom stereocenters. The minimum absolute atomic E-state index is 0.0722. The average Bonchev–Trinajstić information content (AvgIpc) is 3.22. The predicted molar refractivity (Wildman–Crippen MR) is 88.8 cm³/mol. The number of rotatable bonds is 4. The normalized spacial score (nSPS) is 13.8. The number of nitrogens with one attached hydrogen (secondary N) is 1. The number of fused-ring (bicyclic) bond motifs is 1. The van der Waals surface area contributed by atoms with E-state index in [1.807, 2.05) is 24.3 Å². The standard InChI is InChI=1S/C17H17N5O3/c1-10-18-14-8-22(7-13(14)16(23)19-10)9-15-20-17(25-21-15)11-3-5-12(24-2)6-4-11/h3-6H,7-9H2,1-2H3,(H,18,19,23). The second-order valence-corrected chi connectivity index (χ2v) is 5.97. The van der Waals surface area contributed by atoms with Gasteiger partial charge >= 0.3 is 0 Å². The van der Waals surface area contributed by atoms with Gasteiger partial charge in [-0.25, -0.2) is 4.98 Å². The highest BCUT2D eigenvalue weighted by Gasteiger charge is 2.25. The van der Waals surface area contributed by atoms with Gasteiger partial charge in [0.15, 0.2) is 5.82 Å². The van der Waals surface area contributed by atoms with Gasteiger partial charge in [0.25, 0.3) is 11.4 Å². The third kappa shape index (κ3) is 3.03. The molecule has 0 spiro atoms. The van der Waals surface area contributed by atoms with Crippen LogP contribution in [0, 0.1) is 6.92 Å². The van der Waals surface area contributed by atoms with Crippen molar-refractivity contribution < 1.29 is 9.26 Å².